The van der Waals surface area contributed by atoms with Gasteiger partial charge in [0.2, 0.25) is 0 Å². The molecule has 0 bridgehead atoms. The number of benzene rings is 1. The molecular weight excluding hydrogens is 216 g/mol. The first-order valence-electron chi connectivity index (χ1n) is 4.60. The lowest BCUT2D eigenvalue weighted by Crippen LogP contribution is -2.08. The Balaban J connectivity index is 2.32. The summed E-state index contributed by atoms with van der Waals surface area (Å²) in [5.74, 6) is 0.317. The van der Waals surface area contributed by atoms with Gasteiger partial charge in [0.05, 0.1) is 16.7 Å². The lowest BCUT2D eigenvalue weighted by Gasteiger charge is -2.08. The molecule has 0 aliphatic heterocycles. The molecule has 1 aromatic rings. The molecule has 4 nitrogen and oxygen atoms in total. The molecule has 0 aliphatic carbocycles. The summed E-state index contributed by atoms with van der Waals surface area (Å²) in [6.45, 7) is 2.18. The van der Waals surface area contributed by atoms with Gasteiger partial charge in [0, 0.05) is 5.75 Å². The summed E-state index contributed by atoms with van der Waals surface area (Å²) in [6, 6.07) is 7.44. The molecule has 0 amide bonds. The summed E-state index contributed by atoms with van der Waals surface area (Å²) in [4.78, 5) is 0. The fraction of sp³-hybridized carbons (Fsp3) is 0.400. The highest BCUT2D eigenvalue weighted by Gasteiger charge is 1.97. The minimum atomic E-state index is -4.12. The van der Waals surface area contributed by atoms with Crippen molar-refractivity contribution in [3.63, 3.8) is 0 Å². The lowest BCUT2D eigenvalue weighted by molar-refractivity contribution is 0.315. The van der Waals surface area contributed by atoms with Crippen LogP contribution < -0.4 is 4.74 Å². The van der Waals surface area contributed by atoms with Crippen molar-refractivity contribution in [3.8, 4) is 5.75 Å². The number of ether oxygens (including phenoxy) is 1. The molecule has 0 N–H and O–H groups in total. The Morgan fingerprint density at radius 1 is 1.40 bits per heavy atom. The van der Waals surface area contributed by atoms with Gasteiger partial charge in [-0.05, 0) is 31.0 Å². The Morgan fingerprint density at radius 3 is 2.73 bits per heavy atom. The van der Waals surface area contributed by atoms with Crippen molar-refractivity contribution in [2.24, 2.45) is 0 Å². The molecule has 0 aliphatic rings. The van der Waals surface area contributed by atoms with Crippen molar-refractivity contribution >= 4 is 10.1 Å². The van der Waals surface area contributed by atoms with Crippen molar-refractivity contribution in [2.45, 2.75) is 13.3 Å². The summed E-state index contributed by atoms with van der Waals surface area (Å²) in [5, 5.41) is 0. The molecule has 0 saturated heterocycles. The monoisotopic (exact) mass is 229 g/mol. The van der Waals surface area contributed by atoms with E-state index in [4.69, 9.17) is 4.74 Å². The van der Waals surface area contributed by atoms with Crippen LogP contribution in [0, 0.1) is 6.92 Å². The van der Waals surface area contributed by atoms with Gasteiger partial charge in [-0.15, -0.1) is 0 Å². The molecule has 1 rings (SSSR count). The van der Waals surface area contributed by atoms with Crippen molar-refractivity contribution in [2.75, 3.05) is 12.4 Å². The molecule has 0 unspecified atom stereocenters. The number of rotatable bonds is 5. The van der Waals surface area contributed by atoms with Crippen LogP contribution >= 0.6 is 0 Å². The molecule has 84 valence electrons. The van der Waals surface area contributed by atoms with E-state index in [1.54, 1.807) is 6.07 Å². The topological polar surface area (TPSA) is 66.4 Å². The SMILES string of the molecule is Cc1cccc(OCCCS(=O)(=O)[O-])c1. The van der Waals surface area contributed by atoms with E-state index in [-0.39, 0.29) is 18.8 Å². The molecule has 0 heterocycles. The Morgan fingerprint density at radius 2 is 2.13 bits per heavy atom. The maximum atomic E-state index is 10.3. The summed E-state index contributed by atoms with van der Waals surface area (Å²) in [7, 11) is -4.12. The molecule has 0 saturated carbocycles. The molecule has 5 heteroatoms. The Kier molecular flexibility index (Phi) is 4.11. The second kappa shape index (κ2) is 5.14. The van der Waals surface area contributed by atoms with Crippen LogP contribution in [0.25, 0.3) is 0 Å². The molecular formula is C10H13O4S-. The van der Waals surface area contributed by atoms with Gasteiger partial charge < -0.3 is 9.29 Å². The molecule has 0 spiro atoms. The minimum Gasteiger partial charge on any atom is -0.748 e. The fourth-order valence-corrected chi connectivity index (χ4v) is 1.60. The minimum absolute atomic E-state index is 0.222. The van der Waals surface area contributed by atoms with Crippen LogP contribution in [0.4, 0.5) is 0 Å². The van der Waals surface area contributed by atoms with Crippen LogP contribution in [0.15, 0.2) is 24.3 Å². The Hall–Kier alpha value is -1.07. The number of hydrogen-bond donors (Lipinski definition) is 0. The summed E-state index contributed by atoms with van der Waals surface area (Å²) in [5.41, 5.74) is 1.07. The first-order valence-corrected chi connectivity index (χ1v) is 6.18. The predicted octanol–water partition coefficient (Wildman–Crippen LogP) is 1.31. The van der Waals surface area contributed by atoms with E-state index in [2.05, 4.69) is 0 Å². The maximum Gasteiger partial charge on any atom is 0.119 e. The average molecular weight is 229 g/mol. The first kappa shape index (κ1) is 12.0. The highest BCUT2D eigenvalue weighted by atomic mass is 32.2. The number of hydrogen-bond acceptors (Lipinski definition) is 4. The van der Waals surface area contributed by atoms with Crippen LogP contribution in [0.3, 0.4) is 0 Å². The van der Waals surface area contributed by atoms with Gasteiger partial charge >= 0.3 is 0 Å². The van der Waals surface area contributed by atoms with Crippen molar-refractivity contribution in [1.29, 1.82) is 0 Å². The standard InChI is InChI=1S/C10H14O4S/c1-9-4-2-5-10(8-9)14-6-3-7-15(11,12)13/h2,4-5,8H,3,6-7H2,1H3,(H,11,12,13)/p-1. The van der Waals surface area contributed by atoms with E-state index >= 15 is 0 Å². The van der Waals surface area contributed by atoms with E-state index in [1.807, 2.05) is 25.1 Å². The smallest absolute Gasteiger partial charge is 0.119 e. The van der Waals surface area contributed by atoms with Gasteiger partial charge in [0.1, 0.15) is 5.75 Å². The molecule has 15 heavy (non-hydrogen) atoms. The van der Waals surface area contributed by atoms with Crippen LogP contribution in [0.1, 0.15) is 12.0 Å². The lowest BCUT2D eigenvalue weighted by atomic mass is 10.2. The normalized spacial score (nSPS) is 11.3. The van der Waals surface area contributed by atoms with Gasteiger partial charge in [-0.25, -0.2) is 8.42 Å². The van der Waals surface area contributed by atoms with Crippen molar-refractivity contribution < 1.29 is 17.7 Å². The highest BCUT2D eigenvalue weighted by molar-refractivity contribution is 7.85. The van der Waals surface area contributed by atoms with Crippen molar-refractivity contribution in [1.82, 2.24) is 0 Å². The molecule has 0 fully saturated rings. The Labute approximate surface area is 89.6 Å². The van der Waals surface area contributed by atoms with E-state index < -0.39 is 10.1 Å². The van der Waals surface area contributed by atoms with E-state index in [0.717, 1.165) is 5.56 Å². The van der Waals surface area contributed by atoms with Gasteiger partial charge in [-0.3, -0.25) is 0 Å². The van der Waals surface area contributed by atoms with E-state index in [1.165, 1.54) is 0 Å². The third kappa shape index (κ3) is 5.39. The van der Waals surface area contributed by atoms with E-state index in [0.29, 0.717) is 5.75 Å². The van der Waals surface area contributed by atoms with Crippen LogP contribution in [0.2, 0.25) is 0 Å². The molecule has 0 atom stereocenters. The average Bonchev–Trinajstić information content (AvgIpc) is 2.11. The zero-order chi connectivity index (χ0) is 11.3. The summed E-state index contributed by atoms with van der Waals surface area (Å²) in [6.07, 6.45) is 0.222. The highest BCUT2D eigenvalue weighted by Crippen LogP contribution is 2.12. The third-order valence-corrected chi connectivity index (χ3v) is 2.59. The second-order valence-corrected chi connectivity index (χ2v) is 4.80. The van der Waals surface area contributed by atoms with Crippen LogP contribution in [0.5, 0.6) is 5.75 Å². The second-order valence-electron chi connectivity index (χ2n) is 3.28. The van der Waals surface area contributed by atoms with Gasteiger partial charge in [0.25, 0.3) is 0 Å². The van der Waals surface area contributed by atoms with Crippen LogP contribution in [-0.4, -0.2) is 25.3 Å². The fourth-order valence-electron chi connectivity index (χ4n) is 1.13. The van der Waals surface area contributed by atoms with Gasteiger partial charge in [-0.1, -0.05) is 12.1 Å². The van der Waals surface area contributed by atoms with Crippen molar-refractivity contribution in [3.05, 3.63) is 29.8 Å². The largest absolute Gasteiger partial charge is 0.748 e. The first-order chi connectivity index (χ1) is 6.97. The number of aryl methyl sites for hydroxylation is 1. The van der Waals surface area contributed by atoms with E-state index in [9.17, 15) is 13.0 Å². The Bertz CT molecular complexity index is 411. The van der Waals surface area contributed by atoms with Crippen LogP contribution in [-0.2, 0) is 10.1 Å². The zero-order valence-electron chi connectivity index (χ0n) is 8.47. The van der Waals surface area contributed by atoms with Gasteiger partial charge in [-0.2, -0.15) is 0 Å². The third-order valence-electron chi connectivity index (χ3n) is 1.80. The summed E-state index contributed by atoms with van der Waals surface area (Å²) < 4.78 is 36.1. The maximum absolute atomic E-state index is 10.3. The molecule has 1 aromatic carbocycles. The summed E-state index contributed by atoms with van der Waals surface area (Å²) >= 11 is 0. The predicted molar refractivity (Wildman–Crippen MR) is 55.9 cm³/mol. The van der Waals surface area contributed by atoms with Gasteiger partial charge in [0.15, 0.2) is 0 Å². The zero-order valence-corrected chi connectivity index (χ0v) is 9.29. The quantitative estimate of drug-likeness (QED) is 0.564. The molecule has 0 radical (unpaired) electrons. The molecule has 0 aromatic heterocycles.